The second-order valence-electron chi connectivity index (χ2n) is 9.99. The first-order chi connectivity index (χ1) is 16.1. The highest BCUT2D eigenvalue weighted by molar-refractivity contribution is 6.15. The Labute approximate surface area is 196 Å². The van der Waals surface area contributed by atoms with Crippen LogP contribution in [0, 0.1) is 12.8 Å². The van der Waals surface area contributed by atoms with Crippen LogP contribution >= 0.6 is 0 Å². The summed E-state index contributed by atoms with van der Waals surface area (Å²) in [6.07, 6.45) is 6.78. The highest BCUT2D eigenvalue weighted by atomic mass is 16.1. The number of carbonyl (C=O) groups excluding carboxylic acids is 1. The van der Waals surface area contributed by atoms with Crippen molar-refractivity contribution in [1.29, 1.82) is 0 Å². The number of nitrogens with zero attached hydrogens (tertiary/aromatic N) is 2. The van der Waals surface area contributed by atoms with Gasteiger partial charge in [-0.3, -0.25) is 4.79 Å². The standard InChI is InChI=1S/C30H32N2O/c1-3-31-28-13-11-22(30(33)25-10-5-4-7-20(25)2)18-26(28)27-19-24(12-14-29(27)31)32-16-15-21-8-6-9-23(32)17-21/h4-5,7,10-14,18-19,21,23H,3,6,8-9,15-17H2,1-2H3. The summed E-state index contributed by atoms with van der Waals surface area (Å²) in [5.41, 5.74) is 6.40. The van der Waals surface area contributed by atoms with Crippen LogP contribution in [-0.2, 0) is 6.54 Å². The van der Waals surface area contributed by atoms with E-state index >= 15 is 0 Å². The third-order valence-electron chi connectivity index (χ3n) is 8.12. The number of hydrogen-bond acceptors (Lipinski definition) is 2. The van der Waals surface area contributed by atoms with E-state index in [-0.39, 0.29) is 5.78 Å². The van der Waals surface area contributed by atoms with Crippen molar-refractivity contribution in [3.63, 3.8) is 0 Å². The van der Waals surface area contributed by atoms with E-state index in [0.717, 1.165) is 29.2 Å². The van der Waals surface area contributed by atoms with Crippen molar-refractivity contribution >= 4 is 33.3 Å². The van der Waals surface area contributed by atoms with Crippen molar-refractivity contribution < 1.29 is 4.79 Å². The van der Waals surface area contributed by atoms with E-state index < -0.39 is 0 Å². The fraction of sp³-hybridized carbons (Fsp3) is 0.367. The van der Waals surface area contributed by atoms with Gasteiger partial charge in [0.1, 0.15) is 0 Å². The fourth-order valence-corrected chi connectivity index (χ4v) is 6.39. The molecule has 0 spiro atoms. The van der Waals surface area contributed by atoms with Crippen molar-refractivity contribution in [3.8, 4) is 0 Å². The molecule has 33 heavy (non-hydrogen) atoms. The fourth-order valence-electron chi connectivity index (χ4n) is 6.39. The number of carbonyl (C=O) groups is 1. The highest BCUT2D eigenvalue weighted by Gasteiger charge is 2.32. The smallest absolute Gasteiger partial charge is 0.193 e. The van der Waals surface area contributed by atoms with E-state index in [0.29, 0.717) is 6.04 Å². The molecule has 0 amide bonds. The lowest BCUT2D eigenvalue weighted by Crippen LogP contribution is -2.44. The van der Waals surface area contributed by atoms with Crippen molar-refractivity contribution in [2.45, 2.75) is 58.5 Å². The molecule has 2 heterocycles. The predicted octanol–water partition coefficient (Wildman–Crippen LogP) is 7.12. The monoisotopic (exact) mass is 436 g/mol. The molecule has 1 saturated carbocycles. The molecule has 2 unspecified atom stereocenters. The molecule has 168 valence electrons. The summed E-state index contributed by atoms with van der Waals surface area (Å²) in [5.74, 6) is 1.04. The number of ketones is 1. The zero-order valence-corrected chi connectivity index (χ0v) is 19.7. The number of piperidine rings is 1. The molecule has 6 rings (SSSR count). The SMILES string of the molecule is CCn1c2ccc(C(=O)c3ccccc3C)cc2c2cc(N3CCC4CCCC3C4)ccc21. The number of aromatic nitrogens is 1. The minimum Gasteiger partial charge on any atom is -0.369 e. The summed E-state index contributed by atoms with van der Waals surface area (Å²) >= 11 is 0. The average molecular weight is 437 g/mol. The van der Waals surface area contributed by atoms with Gasteiger partial charge in [0.05, 0.1) is 0 Å². The summed E-state index contributed by atoms with van der Waals surface area (Å²) in [5, 5.41) is 2.45. The average Bonchev–Trinajstić information content (AvgIpc) is 3.16. The molecule has 2 bridgehead atoms. The van der Waals surface area contributed by atoms with Gasteiger partial charge < -0.3 is 9.47 Å². The van der Waals surface area contributed by atoms with Crippen molar-refractivity contribution in [3.05, 3.63) is 77.4 Å². The molecule has 2 fully saturated rings. The van der Waals surface area contributed by atoms with Gasteiger partial charge in [0.15, 0.2) is 5.78 Å². The molecule has 0 radical (unpaired) electrons. The molecule has 2 aliphatic rings. The minimum atomic E-state index is 0.104. The molecular formula is C30H32N2O. The Morgan fingerprint density at radius 2 is 1.73 bits per heavy atom. The maximum absolute atomic E-state index is 13.3. The summed E-state index contributed by atoms with van der Waals surface area (Å²) in [6, 6.07) is 21.8. The minimum absolute atomic E-state index is 0.104. The molecule has 3 nitrogen and oxygen atoms in total. The van der Waals surface area contributed by atoms with Crippen molar-refractivity contribution in [2.24, 2.45) is 5.92 Å². The summed E-state index contributed by atoms with van der Waals surface area (Å²) in [4.78, 5) is 16.0. The normalized spacial score (nSPS) is 20.5. The molecule has 2 atom stereocenters. The van der Waals surface area contributed by atoms with Crippen LogP contribution in [-0.4, -0.2) is 22.9 Å². The zero-order chi connectivity index (χ0) is 22.5. The van der Waals surface area contributed by atoms with Gasteiger partial charge in [-0.15, -0.1) is 0 Å². The number of fused-ring (bicyclic) bond motifs is 5. The Balaban J connectivity index is 1.47. The van der Waals surface area contributed by atoms with Gasteiger partial charge in [-0.2, -0.15) is 0 Å². The van der Waals surface area contributed by atoms with E-state index in [1.54, 1.807) is 0 Å². The van der Waals surface area contributed by atoms with E-state index in [1.165, 1.54) is 66.1 Å². The first-order valence-electron chi connectivity index (χ1n) is 12.6. The van der Waals surface area contributed by atoms with Crippen LogP contribution in [0.5, 0.6) is 0 Å². The van der Waals surface area contributed by atoms with Crippen molar-refractivity contribution in [2.75, 3.05) is 11.4 Å². The third-order valence-corrected chi connectivity index (χ3v) is 8.12. The molecule has 1 aromatic heterocycles. The van der Waals surface area contributed by atoms with Crippen LogP contribution in [0.1, 0.15) is 60.5 Å². The van der Waals surface area contributed by atoms with E-state index in [1.807, 2.05) is 37.3 Å². The summed E-state index contributed by atoms with van der Waals surface area (Å²) in [6.45, 7) is 6.30. The number of aryl methyl sites for hydroxylation is 2. The molecular weight excluding hydrogens is 404 g/mol. The Bertz CT molecular complexity index is 1360. The summed E-state index contributed by atoms with van der Waals surface area (Å²) in [7, 11) is 0. The van der Waals surface area contributed by atoms with E-state index in [4.69, 9.17) is 0 Å². The molecule has 1 aliphatic heterocycles. The molecule has 0 N–H and O–H groups in total. The second-order valence-corrected chi connectivity index (χ2v) is 9.99. The molecule has 1 aliphatic carbocycles. The van der Waals surface area contributed by atoms with Gasteiger partial charge in [-0.25, -0.2) is 0 Å². The quantitative estimate of drug-likeness (QED) is 0.318. The Morgan fingerprint density at radius 3 is 2.55 bits per heavy atom. The third kappa shape index (κ3) is 3.37. The van der Waals surface area contributed by atoms with Gasteiger partial charge in [0.2, 0.25) is 0 Å². The largest absolute Gasteiger partial charge is 0.369 e. The van der Waals surface area contributed by atoms with Crippen molar-refractivity contribution in [1.82, 2.24) is 4.57 Å². The highest BCUT2D eigenvalue weighted by Crippen LogP contribution is 2.39. The first kappa shape index (κ1) is 20.5. The van der Waals surface area contributed by atoms with Gasteiger partial charge in [0.25, 0.3) is 0 Å². The van der Waals surface area contributed by atoms with Crippen LogP contribution in [0.2, 0.25) is 0 Å². The van der Waals surface area contributed by atoms with Crippen LogP contribution in [0.15, 0.2) is 60.7 Å². The summed E-state index contributed by atoms with van der Waals surface area (Å²) < 4.78 is 2.38. The van der Waals surface area contributed by atoms with Crippen LogP contribution < -0.4 is 4.90 Å². The lowest BCUT2D eigenvalue weighted by Gasteiger charge is -2.44. The van der Waals surface area contributed by atoms with Crippen LogP contribution in [0.25, 0.3) is 21.8 Å². The van der Waals surface area contributed by atoms with Gasteiger partial charge in [0, 0.05) is 57.8 Å². The van der Waals surface area contributed by atoms with Crippen LogP contribution in [0.4, 0.5) is 5.69 Å². The van der Waals surface area contributed by atoms with E-state index in [9.17, 15) is 4.79 Å². The Hall–Kier alpha value is -3.07. The van der Waals surface area contributed by atoms with Gasteiger partial charge >= 0.3 is 0 Å². The molecule has 3 aromatic carbocycles. The predicted molar refractivity (Wildman–Crippen MR) is 137 cm³/mol. The lowest BCUT2D eigenvalue weighted by atomic mass is 9.79. The number of anilines is 1. The van der Waals surface area contributed by atoms with Gasteiger partial charge in [-0.05, 0) is 81.0 Å². The van der Waals surface area contributed by atoms with E-state index in [2.05, 4.69) is 46.7 Å². The molecule has 1 saturated heterocycles. The lowest BCUT2D eigenvalue weighted by molar-refractivity contribution is 0.103. The van der Waals surface area contributed by atoms with Gasteiger partial charge in [-0.1, -0.05) is 37.1 Å². The second kappa shape index (κ2) is 8.06. The maximum Gasteiger partial charge on any atom is 0.193 e. The molecule has 4 aromatic rings. The Kier molecular flexibility index (Phi) is 5.01. The Morgan fingerprint density at radius 1 is 0.939 bits per heavy atom. The topological polar surface area (TPSA) is 25.2 Å². The zero-order valence-electron chi connectivity index (χ0n) is 19.7. The number of hydrogen-bond donors (Lipinski definition) is 0. The van der Waals surface area contributed by atoms with Crippen LogP contribution in [0.3, 0.4) is 0 Å². The molecule has 3 heteroatoms. The number of benzene rings is 3. The number of rotatable bonds is 4. The maximum atomic E-state index is 13.3. The first-order valence-corrected chi connectivity index (χ1v) is 12.6.